The average molecular weight is 229 g/mol. The first-order chi connectivity index (χ1) is 8.24. The number of benzene rings is 1. The van der Waals surface area contributed by atoms with Crippen molar-refractivity contribution in [3.05, 3.63) is 47.9 Å². The molecule has 0 aliphatic heterocycles. The van der Waals surface area contributed by atoms with Crippen LogP contribution in [0.5, 0.6) is 0 Å². The van der Waals surface area contributed by atoms with Crippen LogP contribution >= 0.6 is 0 Å². The van der Waals surface area contributed by atoms with Crippen LogP contribution in [0.3, 0.4) is 0 Å². The lowest BCUT2D eigenvalue weighted by Crippen LogP contribution is -2.05. The highest BCUT2D eigenvalue weighted by molar-refractivity contribution is 5.42. The predicted octanol–water partition coefficient (Wildman–Crippen LogP) is 3.03. The summed E-state index contributed by atoms with van der Waals surface area (Å²) < 4.78 is 2.02. The molecule has 1 heterocycles. The summed E-state index contributed by atoms with van der Waals surface area (Å²) in [5.74, 6) is 1.04. The molecule has 0 amide bonds. The van der Waals surface area contributed by atoms with Gasteiger partial charge < -0.3 is 10.3 Å². The summed E-state index contributed by atoms with van der Waals surface area (Å²) in [6.45, 7) is 5.21. The minimum atomic E-state index is 0.245. The molecule has 1 aromatic heterocycles. The van der Waals surface area contributed by atoms with Gasteiger partial charge in [0.25, 0.3) is 0 Å². The van der Waals surface area contributed by atoms with E-state index in [2.05, 4.69) is 31.0 Å². The van der Waals surface area contributed by atoms with Crippen molar-refractivity contribution in [1.82, 2.24) is 9.55 Å². The zero-order valence-electron chi connectivity index (χ0n) is 10.4. The fourth-order valence-electron chi connectivity index (χ4n) is 2.06. The molecule has 1 atom stereocenters. The molecule has 0 saturated carbocycles. The SMILES string of the molecule is CCCn1cnc(C(C)c2ccccc2)c1N. The highest BCUT2D eigenvalue weighted by Crippen LogP contribution is 2.27. The van der Waals surface area contributed by atoms with Crippen molar-refractivity contribution in [2.24, 2.45) is 0 Å². The second-order valence-corrected chi connectivity index (χ2v) is 4.34. The Morgan fingerprint density at radius 2 is 2.00 bits per heavy atom. The number of aromatic nitrogens is 2. The Balaban J connectivity index is 2.28. The van der Waals surface area contributed by atoms with Crippen LogP contribution in [-0.4, -0.2) is 9.55 Å². The van der Waals surface area contributed by atoms with E-state index in [9.17, 15) is 0 Å². The van der Waals surface area contributed by atoms with Gasteiger partial charge in [-0.3, -0.25) is 0 Å². The van der Waals surface area contributed by atoms with Gasteiger partial charge in [0.05, 0.1) is 12.0 Å². The summed E-state index contributed by atoms with van der Waals surface area (Å²) in [4.78, 5) is 4.45. The van der Waals surface area contributed by atoms with Crippen LogP contribution in [0.25, 0.3) is 0 Å². The highest BCUT2D eigenvalue weighted by Gasteiger charge is 2.15. The average Bonchev–Trinajstić information content (AvgIpc) is 2.72. The van der Waals surface area contributed by atoms with Crippen LogP contribution in [0.15, 0.2) is 36.7 Å². The van der Waals surface area contributed by atoms with E-state index >= 15 is 0 Å². The van der Waals surface area contributed by atoms with E-state index in [1.807, 2.05) is 29.1 Å². The molecule has 17 heavy (non-hydrogen) atoms. The highest BCUT2D eigenvalue weighted by atomic mass is 15.1. The van der Waals surface area contributed by atoms with Crippen LogP contribution in [0, 0.1) is 0 Å². The number of hydrogen-bond acceptors (Lipinski definition) is 2. The van der Waals surface area contributed by atoms with E-state index in [1.165, 1.54) is 5.56 Å². The van der Waals surface area contributed by atoms with Crippen molar-refractivity contribution >= 4 is 5.82 Å². The van der Waals surface area contributed by atoms with Gasteiger partial charge in [0.2, 0.25) is 0 Å². The lowest BCUT2D eigenvalue weighted by Gasteiger charge is -2.11. The Morgan fingerprint density at radius 1 is 1.29 bits per heavy atom. The number of aryl methyl sites for hydroxylation is 1. The topological polar surface area (TPSA) is 43.8 Å². The summed E-state index contributed by atoms with van der Waals surface area (Å²) >= 11 is 0. The molecule has 3 nitrogen and oxygen atoms in total. The second-order valence-electron chi connectivity index (χ2n) is 4.34. The van der Waals surface area contributed by atoms with Gasteiger partial charge in [0.15, 0.2) is 0 Å². The Morgan fingerprint density at radius 3 is 2.65 bits per heavy atom. The first-order valence-electron chi connectivity index (χ1n) is 6.09. The van der Waals surface area contributed by atoms with Crippen LogP contribution in [0.4, 0.5) is 5.82 Å². The maximum absolute atomic E-state index is 6.13. The van der Waals surface area contributed by atoms with Crippen molar-refractivity contribution in [1.29, 1.82) is 0 Å². The summed E-state index contributed by atoms with van der Waals surface area (Å²) in [5, 5.41) is 0. The summed E-state index contributed by atoms with van der Waals surface area (Å²) in [6.07, 6.45) is 2.91. The standard InChI is InChI=1S/C14H19N3/c1-3-9-17-10-16-13(14(17)15)11(2)12-7-5-4-6-8-12/h4-8,10-11H,3,9,15H2,1-2H3. The molecule has 3 heteroatoms. The monoisotopic (exact) mass is 229 g/mol. The zero-order valence-corrected chi connectivity index (χ0v) is 10.4. The fourth-order valence-corrected chi connectivity index (χ4v) is 2.06. The number of nitrogen functional groups attached to an aromatic ring is 1. The quantitative estimate of drug-likeness (QED) is 0.875. The molecule has 2 rings (SSSR count). The van der Waals surface area contributed by atoms with Gasteiger partial charge in [-0.1, -0.05) is 44.2 Å². The van der Waals surface area contributed by atoms with Gasteiger partial charge >= 0.3 is 0 Å². The lowest BCUT2D eigenvalue weighted by molar-refractivity contribution is 0.685. The van der Waals surface area contributed by atoms with Crippen LogP contribution in [0.2, 0.25) is 0 Å². The molecular weight excluding hydrogens is 210 g/mol. The Hall–Kier alpha value is -1.77. The minimum absolute atomic E-state index is 0.245. The van der Waals surface area contributed by atoms with Gasteiger partial charge in [0.1, 0.15) is 5.82 Å². The Labute approximate surface area is 102 Å². The van der Waals surface area contributed by atoms with E-state index in [-0.39, 0.29) is 5.92 Å². The molecule has 0 aliphatic carbocycles. The molecule has 0 fully saturated rings. The molecule has 1 unspecified atom stereocenters. The number of nitrogens with two attached hydrogens (primary N) is 1. The minimum Gasteiger partial charge on any atom is -0.384 e. The molecular formula is C14H19N3. The van der Waals surface area contributed by atoms with E-state index in [0.717, 1.165) is 24.5 Å². The summed E-state index contributed by atoms with van der Waals surface area (Å²) in [7, 11) is 0. The van der Waals surface area contributed by atoms with Gasteiger partial charge in [-0.05, 0) is 12.0 Å². The van der Waals surface area contributed by atoms with Crippen molar-refractivity contribution in [2.75, 3.05) is 5.73 Å². The molecule has 2 aromatic rings. The van der Waals surface area contributed by atoms with E-state index in [1.54, 1.807) is 0 Å². The maximum Gasteiger partial charge on any atom is 0.127 e. The fraction of sp³-hybridized carbons (Fsp3) is 0.357. The third-order valence-electron chi connectivity index (χ3n) is 3.08. The predicted molar refractivity (Wildman–Crippen MR) is 70.9 cm³/mol. The molecule has 0 spiro atoms. The second kappa shape index (κ2) is 5.04. The normalized spacial score (nSPS) is 12.6. The van der Waals surface area contributed by atoms with E-state index < -0.39 is 0 Å². The first-order valence-corrected chi connectivity index (χ1v) is 6.09. The Kier molecular flexibility index (Phi) is 3.47. The maximum atomic E-state index is 6.13. The van der Waals surface area contributed by atoms with Crippen LogP contribution in [-0.2, 0) is 6.54 Å². The molecule has 90 valence electrons. The lowest BCUT2D eigenvalue weighted by atomic mass is 9.98. The Bertz CT molecular complexity index is 473. The first kappa shape index (κ1) is 11.7. The number of imidazole rings is 1. The van der Waals surface area contributed by atoms with E-state index in [4.69, 9.17) is 5.73 Å². The third-order valence-corrected chi connectivity index (χ3v) is 3.08. The molecule has 0 bridgehead atoms. The van der Waals surface area contributed by atoms with Crippen molar-refractivity contribution < 1.29 is 0 Å². The molecule has 0 aliphatic rings. The molecule has 0 radical (unpaired) electrons. The molecule has 1 aromatic carbocycles. The van der Waals surface area contributed by atoms with Crippen LogP contribution < -0.4 is 5.73 Å². The van der Waals surface area contributed by atoms with Gasteiger partial charge in [-0.25, -0.2) is 4.98 Å². The molecule has 0 saturated heterocycles. The number of nitrogens with zero attached hydrogens (tertiary/aromatic N) is 2. The molecule has 2 N–H and O–H groups in total. The summed E-state index contributed by atoms with van der Waals surface area (Å²) in [6, 6.07) is 10.3. The number of anilines is 1. The number of hydrogen-bond donors (Lipinski definition) is 1. The van der Waals surface area contributed by atoms with Gasteiger partial charge in [0, 0.05) is 12.5 Å². The third kappa shape index (κ3) is 2.33. The summed E-state index contributed by atoms with van der Waals surface area (Å²) in [5.41, 5.74) is 8.36. The smallest absolute Gasteiger partial charge is 0.127 e. The van der Waals surface area contributed by atoms with Crippen molar-refractivity contribution in [3.8, 4) is 0 Å². The van der Waals surface area contributed by atoms with Gasteiger partial charge in [-0.2, -0.15) is 0 Å². The van der Waals surface area contributed by atoms with Crippen molar-refractivity contribution in [2.45, 2.75) is 32.7 Å². The largest absolute Gasteiger partial charge is 0.384 e. The van der Waals surface area contributed by atoms with Gasteiger partial charge in [-0.15, -0.1) is 0 Å². The van der Waals surface area contributed by atoms with E-state index in [0.29, 0.717) is 0 Å². The van der Waals surface area contributed by atoms with Crippen LogP contribution in [0.1, 0.15) is 37.4 Å². The van der Waals surface area contributed by atoms with Crippen molar-refractivity contribution in [3.63, 3.8) is 0 Å². The zero-order chi connectivity index (χ0) is 12.3. The number of rotatable bonds is 4.